The maximum Gasteiger partial charge on any atom is 0.307 e. The van der Waals surface area contributed by atoms with Gasteiger partial charge in [0.05, 0.1) is 40.3 Å². The number of rotatable bonds is 11. The number of carbonyl (C=O) groups is 1. The molecule has 1 aliphatic carbocycles. The van der Waals surface area contributed by atoms with Crippen molar-refractivity contribution in [2.45, 2.75) is 82.2 Å². The highest BCUT2D eigenvalue weighted by molar-refractivity contribution is 8.69. The zero-order valence-corrected chi connectivity index (χ0v) is 22.5. The highest BCUT2D eigenvalue weighted by Gasteiger charge is 2.27. The Morgan fingerprint density at radius 1 is 1.27 bits per heavy atom. The van der Waals surface area contributed by atoms with E-state index in [4.69, 9.17) is 4.74 Å². The Morgan fingerprint density at radius 2 is 2.14 bits per heavy atom. The van der Waals surface area contributed by atoms with Gasteiger partial charge in [0, 0.05) is 40.8 Å². The van der Waals surface area contributed by atoms with Crippen molar-refractivity contribution in [1.29, 1.82) is 5.26 Å². The van der Waals surface area contributed by atoms with Crippen molar-refractivity contribution in [3.05, 3.63) is 31.0 Å². The Labute approximate surface area is 222 Å². The summed E-state index contributed by atoms with van der Waals surface area (Å²) in [6.45, 7) is 0.0986. The van der Waals surface area contributed by atoms with Crippen LogP contribution in [0.15, 0.2) is 31.0 Å². The fourth-order valence-electron chi connectivity index (χ4n) is 5.41. The molecule has 3 atom stereocenters. The number of nitriles is 1. The lowest BCUT2D eigenvalue weighted by Gasteiger charge is -2.21. The Hall–Kier alpha value is -2.71. The molecule has 196 valence electrons. The van der Waals surface area contributed by atoms with Gasteiger partial charge in [-0.05, 0) is 44.1 Å². The molecule has 2 fully saturated rings. The number of carbonyl (C=O) groups excluding carboxylic acids is 1. The van der Waals surface area contributed by atoms with Crippen LogP contribution in [0.2, 0.25) is 0 Å². The van der Waals surface area contributed by atoms with Crippen molar-refractivity contribution in [2.24, 2.45) is 5.92 Å². The molecule has 1 saturated heterocycles. The van der Waals surface area contributed by atoms with Gasteiger partial charge in [-0.2, -0.15) is 10.4 Å². The monoisotopic (exact) mass is 540 g/mol. The van der Waals surface area contributed by atoms with E-state index in [1.807, 2.05) is 27.7 Å². The van der Waals surface area contributed by atoms with Gasteiger partial charge >= 0.3 is 5.97 Å². The predicted molar refractivity (Wildman–Crippen MR) is 144 cm³/mol. The molecule has 0 aromatic carbocycles. The van der Waals surface area contributed by atoms with Crippen LogP contribution in [0.5, 0.6) is 0 Å². The lowest BCUT2D eigenvalue weighted by molar-refractivity contribution is -0.147. The first-order chi connectivity index (χ1) is 18.1. The molecule has 11 heteroatoms. The molecule has 2 aliphatic rings. The molecule has 4 heterocycles. The average molecular weight is 541 g/mol. The van der Waals surface area contributed by atoms with E-state index in [1.54, 1.807) is 17.0 Å². The summed E-state index contributed by atoms with van der Waals surface area (Å²) in [4.78, 5) is 21.2. The average Bonchev–Trinajstić information content (AvgIpc) is 3.71. The molecule has 0 spiro atoms. The summed E-state index contributed by atoms with van der Waals surface area (Å²) < 4.78 is 20.7. The van der Waals surface area contributed by atoms with E-state index < -0.39 is 9.83 Å². The van der Waals surface area contributed by atoms with Gasteiger partial charge in [0.1, 0.15) is 12.0 Å². The third-order valence-corrected chi connectivity index (χ3v) is 10.9. The first kappa shape index (κ1) is 25.9. The molecule has 1 saturated carbocycles. The summed E-state index contributed by atoms with van der Waals surface area (Å²) in [5.41, 5.74) is 2.35. The van der Waals surface area contributed by atoms with Crippen LogP contribution >= 0.6 is 10.8 Å². The third kappa shape index (κ3) is 6.24. The minimum absolute atomic E-state index is 0.0866. The Morgan fingerprint density at radius 3 is 2.92 bits per heavy atom. The minimum atomic E-state index is -0.720. The van der Waals surface area contributed by atoms with Gasteiger partial charge in [-0.3, -0.25) is 14.0 Å². The molecule has 37 heavy (non-hydrogen) atoms. The number of ether oxygens (including phenoxy) is 1. The van der Waals surface area contributed by atoms with Gasteiger partial charge in [-0.15, -0.1) is 0 Å². The molecule has 0 amide bonds. The van der Waals surface area contributed by atoms with Crippen molar-refractivity contribution in [3.63, 3.8) is 0 Å². The van der Waals surface area contributed by atoms with E-state index in [9.17, 15) is 14.3 Å². The summed E-state index contributed by atoms with van der Waals surface area (Å²) in [5, 5.41) is 15.3. The predicted octanol–water partition coefficient (Wildman–Crippen LogP) is 5.17. The van der Waals surface area contributed by atoms with E-state index in [0.29, 0.717) is 29.7 Å². The fraction of sp³-hybridized carbons (Fsp3) is 0.577. The first-order valence-corrected chi connectivity index (χ1v) is 15.8. The zero-order valence-electron chi connectivity index (χ0n) is 20.8. The van der Waals surface area contributed by atoms with Crippen LogP contribution in [-0.2, 0) is 26.1 Å². The summed E-state index contributed by atoms with van der Waals surface area (Å²) in [7, 11) is 0.846. The molecule has 0 N–H and O–H groups in total. The normalized spacial score (nSPS) is 20.8. The standard InChI is InChI=1S/C26H32N6O3S2/c27-12-9-23(19-5-1-2-6-19)32-16-20(15-30-32)25-22-10-13-31(26(22)29-17-28-25)18-35-24(33)8-4-3-7-21-11-14-37(34)36-21/h10,13,15-17,19,21,23H,1-9,11,14,18H2/t21-,23-,37?/m1/s1. The molecule has 0 radical (unpaired) electrons. The van der Waals surface area contributed by atoms with Crippen LogP contribution in [0.3, 0.4) is 0 Å². The van der Waals surface area contributed by atoms with Gasteiger partial charge in [-0.25, -0.2) is 14.2 Å². The maximum absolute atomic E-state index is 12.3. The highest BCUT2D eigenvalue weighted by atomic mass is 33.1. The smallest absolute Gasteiger partial charge is 0.307 e. The van der Waals surface area contributed by atoms with Gasteiger partial charge in [-0.1, -0.05) is 30.1 Å². The minimum Gasteiger partial charge on any atom is -0.444 e. The third-order valence-electron chi connectivity index (χ3n) is 7.39. The molecule has 5 rings (SSSR count). The van der Waals surface area contributed by atoms with Crippen LogP contribution in [0.25, 0.3) is 22.3 Å². The van der Waals surface area contributed by atoms with Gasteiger partial charge < -0.3 is 4.74 Å². The second-order valence-electron chi connectivity index (χ2n) is 9.83. The number of aromatic nitrogens is 5. The largest absolute Gasteiger partial charge is 0.444 e. The molecule has 9 nitrogen and oxygen atoms in total. The maximum atomic E-state index is 12.3. The first-order valence-electron chi connectivity index (χ1n) is 13.0. The van der Waals surface area contributed by atoms with Crippen LogP contribution in [0.1, 0.15) is 70.3 Å². The Balaban J connectivity index is 1.19. The van der Waals surface area contributed by atoms with E-state index in [-0.39, 0.29) is 18.7 Å². The van der Waals surface area contributed by atoms with Crippen molar-refractivity contribution >= 4 is 37.6 Å². The summed E-state index contributed by atoms with van der Waals surface area (Å²) >= 11 is 0. The Kier molecular flexibility index (Phi) is 8.56. The van der Waals surface area contributed by atoms with Gasteiger partial charge in [0.25, 0.3) is 0 Å². The van der Waals surface area contributed by atoms with Crippen molar-refractivity contribution < 1.29 is 13.7 Å². The SMILES string of the molecule is N#CC[C@H](C1CCCC1)n1cc(-c2ncnc3c2ccn3COC(=O)CCCC[C@@H]2CCS(=O)S2)cn1. The molecule has 3 aromatic heterocycles. The number of unbranched alkanes of at least 4 members (excludes halogenated alkanes) is 1. The fourth-order valence-corrected chi connectivity index (χ4v) is 8.98. The van der Waals surface area contributed by atoms with Gasteiger partial charge in [0.2, 0.25) is 0 Å². The van der Waals surface area contributed by atoms with Crippen LogP contribution in [-0.4, -0.2) is 45.5 Å². The number of hydrogen-bond donors (Lipinski definition) is 0. The topological polar surface area (TPSA) is 116 Å². The molecular weight excluding hydrogens is 508 g/mol. The van der Waals surface area contributed by atoms with Crippen LogP contribution in [0, 0.1) is 17.2 Å². The Bertz CT molecular complexity index is 1290. The highest BCUT2D eigenvalue weighted by Crippen LogP contribution is 2.37. The van der Waals surface area contributed by atoms with E-state index >= 15 is 0 Å². The summed E-state index contributed by atoms with van der Waals surface area (Å²) in [6, 6.07) is 4.36. The number of esters is 1. The van der Waals surface area contributed by atoms with Crippen molar-refractivity contribution in [2.75, 3.05) is 5.75 Å². The number of fused-ring (bicyclic) bond motifs is 1. The second kappa shape index (κ2) is 12.2. The van der Waals surface area contributed by atoms with Crippen molar-refractivity contribution in [1.82, 2.24) is 24.3 Å². The molecule has 0 bridgehead atoms. The van der Waals surface area contributed by atoms with Crippen molar-refractivity contribution in [3.8, 4) is 17.3 Å². The van der Waals surface area contributed by atoms with Gasteiger partial charge in [0.15, 0.2) is 6.73 Å². The molecule has 3 aromatic rings. The van der Waals surface area contributed by atoms with Crippen LogP contribution < -0.4 is 0 Å². The number of hydrogen-bond acceptors (Lipinski definition) is 8. The lowest BCUT2D eigenvalue weighted by atomic mass is 9.96. The summed E-state index contributed by atoms with van der Waals surface area (Å²) in [5.74, 6) is 1.05. The summed E-state index contributed by atoms with van der Waals surface area (Å²) in [6.07, 6.45) is 16.4. The van der Waals surface area contributed by atoms with Crippen LogP contribution in [0.4, 0.5) is 0 Å². The number of nitrogens with zero attached hydrogens (tertiary/aromatic N) is 6. The van der Waals surface area contributed by atoms with E-state index in [1.165, 1.54) is 19.2 Å². The molecular formula is C26H32N6O3S2. The molecule has 1 unspecified atom stereocenters. The quantitative estimate of drug-likeness (QED) is 0.186. The molecule has 1 aliphatic heterocycles. The zero-order chi connectivity index (χ0) is 25.6. The van der Waals surface area contributed by atoms with E-state index in [2.05, 4.69) is 21.1 Å². The van der Waals surface area contributed by atoms with E-state index in [0.717, 1.165) is 60.9 Å². The second-order valence-corrected chi connectivity index (χ2v) is 13.4. The lowest BCUT2D eigenvalue weighted by Crippen LogP contribution is -2.17.